The molecule has 25 heavy (non-hydrogen) atoms. The quantitative estimate of drug-likeness (QED) is 0.600. The number of rotatable bonds is 6. The highest BCUT2D eigenvalue weighted by Crippen LogP contribution is 2.30. The van der Waals surface area contributed by atoms with E-state index in [2.05, 4.69) is 29.2 Å². The second kappa shape index (κ2) is 7.39. The summed E-state index contributed by atoms with van der Waals surface area (Å²) in [5.41, 5.74) is 2.42. The summed E-state index contributed by atoms with van der Waals surface area (Å²) >= 11 is 1.56. The van der Waals surface area contributed by atoms with E-state index >= 15 is 0 Å². The molecule has 2 aromatic heterocycles. The minimum atomic E-state index is -0.290. The van der Waals surface area contributed by atoms with Crippen LogP contribution >= 0.6 is 11.8 Å². The van der Waals surface area contributed by atoms with Crippen LogP contribution in [0.2, 0.25) is 0 Å². The molecule has 0 fully saturated rings. The van der Waals surface area contributed by atoms with E-state index < -0.39 is 0 Å². The van der Waals surface area contributed by atoms with Gasteiger partial charge in [-0.15, -0.1) is 10.2 Å². The third kappa shape index (κ3) is 3.76. The number of thioether (sulfide) groups is 1. The molecule has 0 aliphatic heterocycles. The van der Waals surface area contributed by atoms with Gasteiger partial charge in [0.1, 0.15) is 11.6 Å². The molecule has 0 N–H and O–H groups in total. The Balaban J connectivity index is 1.93. The van der Waals surface area contributed by atoms with E-state index in [1.54, 1.807) is 23.9 Å². The molecule has 0 unspecified atom stereocenters. The van der Waals surface area contributed by atoms with Crippen LogP contribution in [0.4, 0.5) is 4.39 Å². The number of halogens is 1. The van der Waals surface area contributed by atoms with E-state index in [1.807, 2.05) is 24.5 Å². The molecule has 0 bridgehead atoms. The molecule has 0 saturated heterocycles. The molecule has 0 atom stereocenters. The molecule has 132 valence electrons. The van der Waals surface area contributed by atoms with Crippen LogP contribution in [-0.2, 0) is 12.3 Å². The van der Waals surface area contributed by atoms with Crippen molar-refractivity contribution in [2.45, 2.75) is 45.1 Å². The van der Waals surface area contributed by atoms with Crippen molar-refractivity contribution < 1.29 is 8.91 Å². The molecule has 0 radical (unpaired) electrons. The Hall–Kier alpha value is -2.15. The van der Waals surface area contributed by atoms with Gasteiger partial charge in [-0.05, 0) is 31.9 Å². The maximum absolute atomic E-state index is 14.2. The van der Waals surface area contributed by atoms with Gasteiger partial charge < -0.3 is 9.09 Å². The van der Waals surface area contributed by atoms with Crippen molar-refractivity contribution in [3.63, 3.8) is 0 Å². The van der Waals surface area contributed by atoms with Crippen LogP contribution in [0, 0.1) is 25.6 Å². The summed E-state index contributed by atoms with van der Waals surface area (Å²) < 4.78 is 21.4. The molecule has 1 aromatic carbocycles. The average molecular weight is 360 g/mol. The minimum absolute atomic E-state index is 0.290. The lowest BCUT2D eigenvalue weighted by Gasteiger charge is -2.12. The van der Waals surface area contributed by atoms with Crippen LogP contribution in [0.3, 0.4) is 0 Å². The van der Waals surface area contributed by atoms with Crippen molar-refractivity contribution >= 4 is 11.8 Å². The third-order valence-corrected chi connectivity index (χ3v) is 4.90. The number of aromatic nitrogens is 4. The number of aryl methyl sites for hydroxylation is 2. The van der Waals surface area contributed by atoms with Gasteiger partial charge in [0.05, 0.1) is 11.3 Å². The number of hydrogen-bond acceptors (Lipinski definition) is 5. The van der Waals surface area contributed by atoms with Crippen molar-refractivity contribution in [1.29, 1.82) is 0 Å². The molecule has 7 heteroatoms. The second-order valence-corrected chi connectivity index (χ2v) is 7.32. The molecular weight excluding hydrogens is 339 g/mol. The van der Waals surface area contributed by atoms with E-state index in [9.17, 15) is 4.39 Å². The first-order chi connectivity index (χ1) is 12.0. The van der Waals surface area contributed by atoms with E-state index in [0.717, 1.165) is 28.7 Å². The Morgan fingerprint density at radius 2 is 1.96 bits per heavy atom. The lowest BCUT2D eigenvalue weighted by molar-refractivity contribution is 0.392. The van der Waals surface area contributed by atoms with Gasteiger partial charge in [-0.1, -0.05) is 42.9 Å². The highest BCUT2D eigenvalue weighted by Gasteiger charge is 2.19. The minimum Gasteiger partial charge on any atom is -0.361 e. The SMILES string of the molecule is Cc1noc(C)c1CSc1nnc(-c2ccccc2F)n1CC(C)C. The van der Waals surface area contributed by atoms with E-state index in [0.29, 0.717) is 23.1 Å². The Labute approximate surface area is 150 Å². The maximum atomic E-state index is 14.2. The standard InChI is InChI=1S/C18H21FN4OS/c1-11(2)9-23-17(14-7-5-6-8-16(14)19)20-21-18(23)25-10-15-12(3)22-24-13(15)4/h5-8,11H,9-10H2,1-4H3. The summed E-state index contributed by atoms with van der Waals surface area (Å²) in [4.78, 5) is 0. The fraction of sp³-hybridized carbons (Fsp3) is 0.389. The molecule has 0 spiro atoms. The van der Waals surface area contributed by atoms with Crippen molar-refractivity contribution in [3.05, 3.63) is 47.1 Å². The van der Waals surface area contributed by atoms with E-state index in [1.165, 1.54) is 6.07 Å². The summed E-state index contributed by atoms with van der Waals surface area (Å²) in [5, 5.41) is 13.3. The van der Waals surface area contributed by atoms with Crippen LogP contribution in [-0.4, -0.2) is 19.9 Å². The van der Waals surface area contributed by atoms with Gasteiger partial charge in [0, 0.05) is 17.9 Å². The fourth-order valence-corrected chi connectivity index (χ4v) is 3.71. The Morgan fingerprint density at radius 3 is 2.60 bits per heavy atom. The van der Waals surface area contributed by atoms with E-state index in [-0.39, 0.29) is 5.82 Å². The normalized spacial score (nSPS) is 11.4. The van der Waals surface area contributed by atoms with Crippen LogP contribution in [0.5, 0.6) is 0 Å². The Bertz CT molecular complexity index is 852. The molecule has 5 nitrogen and oxygen atoms in total. The molecule has 3 aromatic rings. The van der Waals surface area contributed by atoms with Crippen LogP contribution in [0.25, 0.3) is 11.4 Å². The van der Waals surface area contributed by atoms with Gasteiger partial charge in [-0.25, -0.2) is 4.39 Å². The van der Waals surface area contributed by atoms with Crippen LogP contribution in [0.1, 0.15) is 30.9 Å². The third-order valence-electron chi connectivity index (χ3n) is 3.91. The van der Waals surface area contributed by atoms with Crippen LogP contribution in [0.15, 0.2) is 33.9 Å². The van der Waals surface area contributed by atoms with Gasteiger partial charge >= 0.3 is 0 Å². The Kier molecular flexibility index (Phi) is 5.22. The zero-order valence-corrected chi connectivity index (χ0v) is 15.6. The monoisotopic (exact) mass is 360 g/mol. The van der Waals surface area contributed by atoms with Gasteiger partial charge in [-0.3, -0.25) is 0 Å². The molecule has 2 heterocycles. The predicted molar refractivity (Wildman–Crippen MR) is 95.8 cm³/mol. The smallest absolute Gasteiger partial charge is 0.191 e. The number of hydrogen-bond donors (Lipinski definition) is 0. The molecule has 0 aliphatic carbocycles. The maximum Gasteiger partial charge on any atom is 0.191 e. The van der Waals surface area contributed by atoms with Gasteiger partial charge in [0.2, 0.25) is 0 Å². The fourth-order valence-electron chi connectivity index (χ4n) is 2.61. The topological polar surface area (TPSA) is 56.7 Å². The van der Waals surface area contributed by atoms with Crippen molar-refractivity contribution in [1.82, 2.24) is 19.9 Å². The lowest BCUT2D eigenvalue weighted by atomic mass is 10.2. The predicted octanol–water partition coefficient (Wildman–Crippen LogP) is 4.64. The van der Waals surface area contributed by atoms with Gasteiger partial charge in [0.15, 0.2) is 11.0 Å². The molecule has 0 aliphatic rings. The highest BCUT2D eigenvalue weighted by molar-refractivity contribution is 7.98. The summed E-state index contributed by atoms with van der Waals surface area (Å²) in [6, 6.07) is 6.66. The largest absolute Gasteiger partial charge is 0.361 e. The van der Waals surface area contributed by atoms with Crippen molar-refractivity contribution in [3.8, 4) is 11.4 Å². The molecule has 3 rings (SSSR count). The zero-order chi connectivity index (χ0) is 18.0. The summed E-state index contributed by atoms with van der Waals surface area (Å²) in [6.07, 6.45) is 0. The first kappa shape index (κ1) is 17.7. The summed E-state index contributed by atoms with van der Waals surface area (Å²) in [6.45, 7) is 8.79. The first-order valence-electron chi connectivity index (χ1n) is 8.20. The molecular formula is C18H21FN4OS. The number of benzene rings is 1. The number of nitrogens with zero attached hydrogens (tertiary/aromatic N) is 4. The summed E-state index contributed by atoms with van der Waals surface area (Å²) in [5.74, 6) is 2.17. The van der Waals surface area contributed by atoms with Crippen molar-refractivity contribution in [2.24, 2.45) is 5.92 Å². The van der Waals surface area contributed by atoms with Gasteiger partial charge in [0.25, 0.3) is 0 Å². The van der Waals surface area contributed by atoms with Crippen LogP contribution < -0.4 is 0 Å². The molecule has 0 amide bonds. The van der Waals surface area contributed by atoms with E-state index in [4.69, 9.17) is 4.52 Å². The second-order valence-electron chi connectivity index (χ2n) is 6.38. The highest BCUT2D eigenvalue weighted by atomic mass is 32.2. The molecule has 0 saturated carbocycles. The Morgan fingerprint density at radius 1 is 1.20 bits per heavy atom. The summed E-state index contributed by atoms with van der Waals surface area (Å²) in [7, 11) is 0. The average Bonchev–Trinajstić information content (AvgIpc) is 3.09. The van der Waals surface area contributed by atoms with Gasteiger partial charge in [-0.2, -0.15) is 0 Å². The lowest BCUT2D eigenvalue weighted by Crippen LogP contribution is -2.08. The first-order valence-corrected chi connectivity index (χ1v) is 9.18. The van der Waals surface area contributed by atoms with Crippen molar-refractivity contribution in [2.75, 3.05) is 0 Å². The zero-order valence-electron chi connectivity index (χ0n) is 14.8.